The number of anilines is 1. The molecule has 2 aliphatic rings. The molecular formula is C18H21FN4O. The molecule has 1 saturated heterocycles. The molecule has 5 nitrogen and oxygen atoms in total. The molecule has 4 rings (SSSR count). The number of hydrogen-bond acceptors (Lipinski definition) is 5. The van der Waals surface area contributed by atoms with Gasteiger partial charge < -0.3 is 14.9 Å². The van der Waals surface area contributed by atoms with Crippen LogP contribution in [0, 0.1) is 5.82 Å². The summed E-state index contributed by atoms with van der Waals surface area (Å²) in [7, 11) is 2.09. The van der Waals surface area contributed by atoms with E-state index in [1.54, 1.807) is 18.5 Å². The lowest BCUT2D eigenvalue weighted by molar-refractivity contribution is 0.194. The Labute approximate surface area is 140 Å². The Morgan fingerprint density at radius 2 is 2.00 bits per heavy atom. The molecule has 0 radical (unpaired) electrons. The predicted molar refractivity (Wildman–Crippen MR) is 89.2 cm³/mol. The summed E-state index contributed by atoms with van der Waals surface area (Å²) in [6.45, 7) is 2.34. The number of likely N-dealkylation sites (N-methyl/N-ethyl adjacent to an activating group) is 1. The molecule has 0 unspecified atom stereocenters. The van der Waals surface area contributed by atoms with Gasteiger partial charge in [-0.1, -0.05) is 12.1 Å². The molecule has 0 spiro atoms. The Bertz CT molecular complexity index is 736. The number of halogens is 1. The van der Waals surface area contributed by atoms with E-state index in [4.69, 9.17) is 0 Å². The second-order valence-electron chi connectivity index (χ2n) is 6.72. The first-order valence-corrected chi connectivity index (χ1v) is 8.33. The molecule has 0 bridgehead atoms. The minimum atomic E-state index is -0.410. The zero-order valence-electron chi connectivity index (χ0n) is 13.7. The average molecular weight is 328 g/mol. The minimum absolute atomic E-state index is 0.00633. The van der Waals surface area contributed by atoms with Gasteiger partial charge in [-0.05, 0) is 31.2 Å². The Morgan fingerprint density at radius 1 is 1.21 bits per heavy atom. The van der Waals surface area contributed by atoms with Crippen molar-refractivity contribution in [2.24, 2.45) is 0 Å². The lowest BCUT2D eigenvalue weighted by Crippen LogP contribution is -2.32. The van der Waals surface area contributed by atoms with E-state index in [9.17, 15) is 9.50 Å². The predicted octanol–water partition coefficient (Wildman–Crippen LogP) is 1.92. The van der Waals surface area contributed by atoms with E-state index >= 15 is 0 Å². The zero-order chi connectivity index (χ0) is 16.7. The summed E-state index contributed by atoms with van der Waals surface area (Å²) in [5, 5.41) is 10.2. The van der Waals surface area contributed by atoms with Crippen molar-refractivity contribution in [3.8, 4) is 0 Å². The molecule has 1 fully saturated rings. The molecular weight excluding hydrogens is 307 g/mol. The standard InChI is InChI=1S/C18H21FN4O/c1-22-7-6-16-15(10-22)18(21-11-20-16)23-9-14(24)8-17(23)12-2-4-13(19)5-3-12/h2-5,11,14,17,24H,6-10H2,1H3/t14-,17+/m1/s1. The van der Waals surface area contributed by atoms with E-state index in [-0.39, 0.29) is 11.9 Å². The number of nitrogens with zero attached hydrogens (tertiary/aromatic N) is 4. The van der Waals surface area contributed by atoms with E-state index in [0.717, 1.165) is 42.1 Å². The monoisotopic (exact) mass is 328 g/mol. The van der Waals surface area contributed by atoms with E-state index < -0.39 is 6.10 Å². The van der Waals surface area contributed by atoms with E-state index in [2.05, 4.69) is 26.8 Å². The van der Waals surface area contributed by atoms with Gasteiger partial charge in [0.15, 0.2) is 0 Å². The van der Waals surface area contributed by atoms with Crippen molar-refractivity contribution < 1.29 is 9.50 Å². The van der Waals surface area contributed by atoms with Gasteiger partial charge in [-0.2, -0.15) is 0 Å². The van der Waals surface area contributed by atoms with Gasteiger partial charge in [0, 0.05) is 31.6 Å². The second kappa shape index (κ2) is 6.11. The van der Waals surface area contributed by atoms with Crippen molar-refractivity contribution in [3.05, 3.63) is 53.2 Å². The van der Waals surface area contributed by atoms with Crippen LogP contribution in [0.15, 0.2) is 30.6 Å². The van der Waals surface area contributed by atoms with E-state index in [1.807, 2.05) is 0 Å². The molecule has 0 amide bonds. The summed E-state index contributed by atoms with van der Waals surface area (Å²) in [5.74, 6) is 0.655. The SMILES string of the molecule is CN1CCc2ncnc(N3C[C@H](O)C[C@H]3c3ccc(F)cc3)c2C1. The number of β-amino-alcohol motifs (C(OH)–C–C–N with tert-alkyl or cyclic N) is 1. The summed E-state index contributed by atoms with van der Waals surface area (Å²) in [6.07, 6.45) is 2.75. The fourth-order valence-corrected chi connectivity index (χ4v) is 3.76. The normalized spacial score (nSPS) is 24.2. The first-order chi connectivity index (χ1) is 11.6. The van der Waals surface area contributed by atoms with E-state index in [1.165, 1.54) is 12.1 Å². The third-order valence-electron chi connectivity index (χ3n) is 4.98. The highest BCUT2D eigenvalue weighted by Gasteiger charge is 2.35. The molecule has 0 saturated carbocycles. The Hall–Kier alpha value is -2.05. The van der Waals surface area contributed by atoms with Crippen molar-refractivity contribution in [2.45, 2.75) is 31.5 Å². The quantitative estimate of drug-likeness (QED) is 0.913. The van der Waals surface area contributed by atoms with Crippen LogP contribution in [0.5, 0.6) is 0 Å². The number of aliphatic hydroxyl groups excluding tert-OH is 1. The number of aliphatic hydroxyl groups is 1. The fraction of sp³-hybridized carbons (Fsp3) is 0.444. The molecule has 1 aromatic carbocycles. The molecule has 2 aromatic rings. The molecule has 6 heteroatoms. The topological polar surface area (TPSA) is 52.5 Å². The molecule has 1 N–H and O–H groups in total. The van der Waals surface area contributed by atoms with Crippen LogP contribution in [0.4, 0.5) is 10.2 Å². The van der Waals surface area contributed by atoms with Gasteiger partial charge in [-0.15, -0.1) is 0 Å². The number of hydrogen-bond donors (Lipinski definition) is 1. The van der Waals surface area contributed by atoms with Crippen LogP contribution in [0.25, 0.3) is 0 Å². The van der Waals surface area contributed by atoms with Crippen molar-refractivity contribution in [1.82, 2.24) is 14.9 Å². The Balaban J connectivity index is 1.73. The largest absolute Gasteiger partial charge is 0.391 e. The lowest BCUT2D eigenvalue weighted by Gasteiger charge is -2.31. The molecule has 2 aliphatic heterocycles. The van der Waals surface area contributed by atoms with Crippen LogP contribution in [-0.4, -0.2) is 46.2 Å². The van der Waals surface area contributed by atoms with Gasteiger partial charge in [-0.25, -0.2) is 14.4 Å². The third-order valence-corrected chi connectivity index (χ3v) is 4.98. The highest BCUT2D eigenvalue weighted by Crippen LogP contribution is 2.38. The van der Waals surface area contributed by atoms with Gasteiger partial charge in [0.1, 0.15) is 18.0 Å². The summed E-state index contributed by atoms with van der Waals surface area (Å²) in [6, 6.07) is 6.55. The summed E-state index contributed by atoms with van der Waals surface area (Å²) in [5.41, 5.74) is 3.24. The summed E-state index contributed by atoms with van der Waals surface area (Å²) in [4.78, 5) is 13.4. The molecule has 24 heavy (non-hydrogen) atoms. The van der Waals surface area contributed by atoms with Crippen LogP contribution < -0.4 is 4.90 Å². The van der Waals surface area contributed by atoms with Crippen LogP contribution in [0.2, 0.25) is 0 Å². The summed E-state index contributed by atoms with van der Waals surface area (Å²) < 4.78 is 13.2. The number of rotatable bonds is 2. The lowest BCUT2D eigenvalue weighted by atomic mass is 10.0. The third kappa shape index (κ3) is 2.76. The summed E-state index contributed by atoms with van der Waals surface area (Å²) >= 11 is 0. The highest BCUT2D eigenvalue weighted by molar-refractivity contribution is 5.53. The Morgan fingerprint density at radius 3 is 2.79 bits per heavy atom. The van der Waals surface area contributed by atoms with Crippen molar-refractivity contribution in [3.63, 3.8) is 0 Å². The number of fused-ring (bicyclic) bond motifs is 1. The zero-order valence-corrected chi connectivity index (χ0v) is 13.7. The van der Waals surface area contributed by atoms with Crippen molar-refractivity contribution in [2.75, 3.05) is 25.0 Å². The smallest absolute Gasteiger partial charge is 0.137 e. The average Bonchev–Trinajstić information content (AvgIpc) is 2.96. The second-order valence-corrected chi connectivity index (χ2v) is 6.72. The number of benzene rings is 1. The van der Waals surface area contributed by atoms with Crippen LogP contribution in [-0.2, 0) is 13.0 Å². The van der Waals surface area contributed by atoms with Gasteiger partial charge in [0.2, 0.25) is 0 Å². The maximum Gasteiger partial charge on any atom is 0.137 e. The van der Waals surface area contributed by atoms with Crippen LogP contribution >= 0.6 is 0 Å². The molecule has 2 atom stereocenters. The van der Waals surface area contributed by atoms with Gasteiger partial charge in [0.25, 0.3) is 0 Å². The van der Waals surface area contributed by atoms with Crippen molar-refractivity contribution in [1.29, 1.82) is 0 Å². The van der Waals surface area contributed by atoms with Crippen molar-refractivity contribution >= 4 is 5.82 Å². The molecule has 1 aromatic heterocycles. The molecule has 0 aliphatic carbocycles. The van der Waals surface area contributed by atoms with Crippen LogP contribution in [0.3, 0.4) is 0 Å². The maximum absolute atomic E-state index is 13.2. The van der Waals surface area contributed by atoms with Gasteiger partial charge in [-0.3, -0.25) is 0 Å². The minimum Gasteiger partial charge on any atom is -0.391 e. The first kappa shape index (κ1) is 15.5. The molecule has 126 valence electrons. The molecule has 3 heterocycles. The Kier molecular flexibility index (Phi) is 3.94. The maximum atomic E-state index is 13.2. The highest BCUT2D eigenvalue weighted by atomic mass is 19.1. The van der Waals surface area contributed by atoms with Crippen LogP contribution in [0.1, 0.15) is 29.3 Å². The van der Waals surface area contributed by atoms with Gasteiger partial charge in [0.05, 0.1) is 17.8 Å². The number of aromatic nitrogens is 2. The first-order valence-electron chi connectivity index (χ1n) is 8.33. The fourth-order valence-electron chi connectivity index (χ4n) is 3.76. The van der Waals surface area contributed by atoms with Gasteiger partial charge >= 0.3 is 0 Å². The van der Waals surface area contributed by atoms with E-state index in [0.29, 0.717) is 13.0 Å².